The molecule has 0 radical (unpaired) electrons. The van der Waals surface area contributed by atoms with Gasteiger partial charge in [0.25, 0.3) is 5.69 Å². The Hall–Kier alpha value is -3.38. The van der Waals surface area contributed by atoms with E-state index >= 15 is 0 Å². The molecule has 0 heterocycles. The second-order valence-corrected chi connectivity index (χ2v) is 8.94. The highest BCUT2D eigenvalue weighted by Gasteiger charge is 2.27. The second-order valence-electron chi connectivity index (χ2n) is 8.53. The predicted molar refractivity (Wildman–Crippen MR) is 141 cm³/mol. The number of non-ortho nitro benzene ring substituents is 1. The first kappa shape index (κ1) is 29.8. The van der Waals surface area contributed by atoms with Crippen molar-refractivity contribution < 1.29 is 19.3 Å². The van der Waals surface area contributed by atoms with Gasteiger partial charge in [-0.15, -0.1) is 0 Å². The SMILES string of the molecule is NCCN(CCN)C(=O)C[C@H](N)C(=O)N[C@@H](CCc1ccccc1)C(=O)Cc1ccc([N+](=O)[O-])cc1Cl. The van der Waals surface area contributed by atoms with Crippen LogP contribution < -0.4 is 22.5 Å². The zero-order valence-corrected chi connectivity index (χ0v) is 21.2. The molecular formula is C25H33ClN6O5. The molecule has 0 bridgehead atoms. The number of hydrogen-bond acceptors (Lipinski definition) is 8. The highest BCUT2D eigenvalue weighted by molar-refractivity contribution is 6.31. The van der Waals surface area contributed by atoms with Gasteiger partial charge in [-0.3, -0.25) is 24.5 Å². The first-order chi connectivity index (χ1) is 17.7. The Morgan fingerprint density at radius 2 is 1.70 bits per heavy atom. The van der Waals surface area contributed by atoms with E-state index in [0.29, 0.717) is 25.1 Å². The maximum absolute atomic E-state index is 13.2. The van der Waals surface area contributed by atoms with Gasteiger partial charge in [0.05, 0.1) is 28.5 Å². The largest absolute Gasteiger partial charge is 0.345 e. The molecule has 0 spiro atoms. The Balaban J connectivity index is 2.13. The van der Waals surface area contributed by atoms with Crippen molar-refractivity contribution in [3.63, 3.8) is 0 Å². The fraction of sp³-hybridized carbons (Fsp3) is 0.400. The molecule has 200 valence electrons. The number of Topliss-reactive ketones (excluding diaryl/α,β-unsaturated/α-hetero) is 1. The van der Waals surface area contributed by atoms with Gasteiger partial charge in [-0.05, 0) is 24.0 Å². The van der Waals surface area contributed by atoms with Crippen molar-refractivity contribution in [3.8, 4) is 0 Å². The molecule has 2 aromatic rings. The van der Waals surface area contributed by atoms with Crippen molar-refractivity contribution in [1.29, 1.82) is 0 Å². The molecule has 37 heavy (non-hydrogen) atoms. The lowest BCUT2D eigenvalue weighted by atomic mass is 9.97. The minimum atomic E-state index is -1.18. The summed E-state index contributed by atoms with van der Waals surface area (Å²) in [6.07, 6.45) is 0.373. The van der Waals surface area contributed by atoms with E-state index in [1.54, 1.807) is 0 Å². The van der Waals surface area contributed by atoms with Gasteiger partial charge in [-0.1, -0.05) is 48.0 Å². The first-order valence-corrected chi connectivity index (χ1v) is 12.3. The summed E-state index contributed by atoms with van der Waals surface area (Å²) in [6, 6.07) is 11.2. The van der Waals surface area contributed by atoms with Gasteiger partial charge in [0, 0.05) is 44.7 Å². The zero-order valence-electron chi connectivity index (χ0n) is 20.5. The monoisotopic (exact) mass is 532 g/mol. The topological polar surface area (TPSA) is 188 Å². The minimum Gasteiger partial charge on any atom is -0.345 e. The van der Waals surface area contributed by atoms with Gasteiger partial charge < -0.3 is 27.4 Å². The number of benzene rings is 2. The third kappa shape index (κ3) is 9.54. The number of nitro benzene ring substituents is 1. The van der Waals surface area contributed by atoms with Crippen LogP contribution in [0.3, 0.4) is 0 Å². The van der Waals surface area contributed by atoms with Crippen LogP contribution in [0.4, 0.5) is 5.69 Å². The van der Waals surface area contributed by atoms with Crippen molar-refractivity contribution in [2.24, 2.45) is 17.2 Å². The maximum Gasteiger partial charge on any atom is 0.270 e. The molecule has 0 unspecified atom stereocenters. The standard InChI is InChI=1S/C25H33ClN6O5/c26-20-15-19(32(36)37)8-7-18(20)14-23(33)22(9-6-17-4-2-1-3-5-17)30-25(35)21(29)16-24(34)31(12-10-27)13-11-28/h1-5,7-8,15,21-22H,6,9-14,16,27-29H2,(H,30,35)/t21-,22-/m0/s1. The van der Waals surface area contributed by atoms with Crippen LogP contribution >= 0.6 is 11.6 Å². The number of nitrogens with two attached hydrogens (primary N) is 3. The Kier molecular flexibility index (Phi) is 12.1. The lowest BCUT2D eigenvalue weighted by molar-refractivity contribution is -0.384. The quantitative estimate of drug-likeness (QED) is 0.192. The number of rotatable bonds is 15. The average molecular weight is 533 g/mol. The van der Waals surface area contributed by atoms with Gasteiger partial charge in [0.15, 0.2) is 5.78 Å². The molecule has 2 atom stereocenters. The molecule has 0 saturated heterocycles. The molecule has 2 rings (SSSR count). The molecular weight excluding hydrogens is 500 g/mol. The van der Waals surface area contributed by atoms with E-state index in [0.717, 1.165) is 5.56 Å². The number of amides is 2. The van der Waals surface area contributed by atoms with Crippen molar-refractivity contribution in [3.05, 3.63) is 74.8 Å². The molecule has 0 aliphatic rings. The van der Waals surface area contributed by atoms with E-state index in [-0.39, 0.29) is 54.8 Å². The summed E-state index contributed by atoms with van der Waals surface area (Å²) >= 11 is 6.17. The summed E-state index contributed by atoms with van der Waals surface area (Å²) in [7, 11) is 0. The van der Waals surface area contributed by atoms with Crippen LogP contribution in [0.2, 0.25) is 5.02 Å². The number of carbonyl (C=O) groups is 3. The van der Waals surface area contributed by atoms with E-state index in [1.807, 2.05) is 30.3 Å². The fourth-order valence-electron chi connectivity index (χ4n) is 3.73. The van der Waals surface area contributed by atoms with Gasteiger partial charge in [0.1, 0.15) is 0 Å². The number of carbonyl (C=O) groups excluding carboxylic acids is 3. The van der Waals surface area contributed by atoms with E-state index in [1.165, 1.54) is 23.1 Å². The smallest absolute Gasteiger partial charge is 0.270 e. The lowest BCUT2D eigenvalue weighted by Gasteiger charge is -2.24. The van der Waals surface area contributed by atoms with Crippen LogP contribution in [0.5, 0.6) is 0 Å². The normalized spacial score (nSPS) is 12.4. The average Bonchev–Trinajstić information content (AvgIpc) is 2.87. The summed E-state index contributed by atoms with van der Waals surface area (Å²) in [5.74, 6) is -1.34. The van der Waals surface area contributed by atoms with Crippen LogP contribution in [0.25, 0.3) is 0 Å². The molecule has 2 aromatic carbocycles. The molecule has 11 nitrogen and oxygen atoms in total. The van der Waals surface area contributed by atoms with E-state index in [4.69, 9.17) is 28.8 Å². The third-order valence-corrected chi connectivity index (χ3v) is 6.12. The van der Waals surface area contributed by atoms with Gasteiger partial charge in [-0.2, -0.15) is 0 Å². The van der Waals surface area contributed by atoms with Gasteiger partial charge in [-0.25, -0.2) is 0 Å². The molecule has 0 aliphatic carbocycles. The number of nitro groups is 1. The summed E-state index contributed by atoms with van der Waals surface area (Å²) < 4.78 is 0. The predicted octanol–water partition coefficient (Wildman–Crippen LogP) is 0.941. The van der Waals surface area contributed by atoms with Crippen molar-refractivity contribution >= 4 is 34.9 Å². The summed E-state index contributed by atoms with van der Waals surface area (Å²) in [5, 5.41) is 13.7. The number of halogens is 1. The van der Waals surface area contributed by atoms with E-state index in [9.17, 15) is 24.5 Å². The minimum absolute atomic E-state index is 0.0814. The molecule has 2 amide bonds. The number of nitrogens with one attached hydrogen (secondary N) is 1. The Labute approximate surface area is 220 Å². The van der Waals surface area contributed by atoms with Crippen LogP contribution in [-0.4, -0.2) is 65.7 Å². The number of aryl methyl sites for hydroxylation is 1. The van der Waals surface area contributed by atoms with Crippen molar-refractivity contribution in [2.75, 3.05) is 26.2 Å². The highest BCUT2D eigenvalue weighted by atomic mass is 35.5. The van der Waals surface area contributed by atoms with Crippen LogP contribution in [0, 0.1) is 10.1 Å². The molecule has 0 aromatic heterocycles. The Bertz CT molecular complexity index is 1080. The molecule has 12 heteroatoms. The molecule has 7 N–H and O–H groups in total. The third-order valence-electron chi connectivity index (χ3n) is 5.76. The van der Waals surface area contributed by atoms with Crippen molar-refractivity contribution in [1.82, 2.24) is 10.2 Å². The van der Waals surface area contributed by atoms with Crippen LogP contribution in [0.1, 0.15) is 24.0 Å². The molecule has 0 saturated carbocycles. The first-order valence-electron chi connectivity index (χ1n) is 11.9. The number of hydrogen-bond donors (Lipinski definition) is 4. The summed E-state index contributed by atoms with van der Waals surface area (Å²) in [6.45, 7) is 1.07. The maximum atomic E-state index is 13.2. The zero-order chi connectivity index (χ0) is 27.4. The summed E-state index contributed by atoms with van der Waals surface area (Å²) in [5.41, 5.74) is 18.3. The molecule has 0 fully saturated rings. The van der Waals surface area contributed by atoms with Crippen molar-refractivity contribution in [2.45, 2.75) is 37.8 Å². The number of ketones is 1. The van der Waals surface area contributed by atoms with Crippen LogP contribution in [0.15, 0.2) is 48.5 Å². The van der Waals surface area contributed by atoms with Gasteiger partial charge in [0.2, 0.25) is 11.8 Å². The fourth-order valence-corrected chi connectivity index (χ4v) is 3.98. The van der Waals surface area contributed by atoms with E-state index < -0.39 is 22.9 Å². The Morgan fingerprint density at radius 3 is 2.27 bits per heavy atom. The highest BCUT2D eigenvalue weighted by Crippen LogP contribution is 2.23. The molecule has 0 aliphatic heterocycles. The summed E-state index contributed by atoms with van der Waals surface area (Å²) in [4.78, 5) is 50.5. The van der Waals surface area contributed by atoms with Crippen LogP contribution in [-0.2, 0) is 27.2 Å². The number of nitrogens with zero attached hydrogens (tertiary/aromatic N) is 2. The lowest BCUT2D eigenvalue weighted by Crippen LogP contribution is -2.51. The Morgan fingerprint density at radius 1 is 1.05 bits per heavy atom. The second kappa shape index (κ2) is 15.0. The van der Waals surface area contributed by atoms with E-state index in [2.05, 4.69) is 5.32 Å². The van der Waals surface area contributed by atoms with Gasteiger partial charge >= 0.3 is 0 Å².